The molecule has 2 aromatic carbocycles. The van der Waals surface area contributed by atoms with Gasteiger partial charge >= 0.3 is 5.97 Å². The van der Waals surface area contributed by atoms with E-state index in [-0.39, 0.29) is 24.5 Å². The van der Waals surface area contributed by atoms with Gasteiger partial charge in [-0.05, 0) is 61.0 Å². The SMILES string of the molecule is CC(C)C(=O)OCN1C(=O)CCc2ccc(OCCCCN3CCN(c4cccc5sccc45)CC3)cc21. The molecule has 0 bridgehead atoms. The van der Waals surface area contributed by atoms with Gasteiger partial charge in [-0.15, -0.1) is 11.3 Å². The smallest absolute Gasteiger partial charge is 0.310 e. The van der Waals surface area contributed by atoms with E-state index < -0.39 is 0 Å². The van der Waals surface area contributed by atoms with Crippen molar-refractivity contribution in [1.82, 2.24) is 4.90 Å². The van der Waals surface area contributed by atoms with Gasteiger partial charge in [0.1, 0.15) is 5.75 Å². The number of nitrogens with zero attached hydrogens (tertiary/aromatic N) is 3. The Morgan fingerprint density at radius 2 is 1.84 bits per heavy atom. The summed E-state index contributed by atoms with van der Waals surface area (Å²) in [7, 11) is 0. The molecule has 0 spiro atoms. The fraction of sp³-hybridized carbons (Fsp3) is 0.467. The minimum atomic E-state index is -0.307. The molecule has 3 aromatic rings. The first kappa shape index (κ1) is 26.5. The summed E-state index contributed by atoms with van der Waals surface area (Å²) in [5.41, 5.74) is 3.22. The number of aryl methyl sites for hydroxylation is 1. The van der Waals surface area contributed by atoms with Crippen LogP contribution < -0.4 is 14.5 Å². The number of anilines is 2. The third kappa shape index (κ3) is 6.13. The average Bonchev–Trinajstić information content (AvgIpc) is 3.42. The highest BCUT2D eigenvalue weighted by Crippen LogP contribution is 2.32. The summed E-state index contributed by atoms with van der Waals surface area (Å²) in [4.78, 5) is 31.1. The van der Waals surface area contributed by atoms with E-state index in [1.807, 2.05) is 18.2 Å². The van der Waals surface area contributed by atoms with Crippen LogP contribution in [0.15, 0.2) is 47.8 Å². The fourth-order valence-corrected chi connectivity index (χ4v) is 5.94. The molecule has 1 saturated heterocycles. The lowest BCUT2D eigenvalue weighted by Gasteiger charge is -2.36. The van der Waals surface area contributed by atoms with Crippen molar-refractivity contribution in [3.63, 3.8) is 0 Å². The molecule has 7 nitrogen and oxygen atoms in total. The molecule has 38 heavy (non-hydrogen) atoms. The van der Waals surface area contributed by atoms with Crippen LogP contribution in [0.4, 0.5) is 11.4 Å². The molecule has 202 valence electrons. The number of carbonyl (C=O) groups is 2. The molecule has 0 aliphatic carbocycles. The summed E-state index contributed by atoms with van der Waals surface area (Å²) < 4.78 is 12.8. The lowest BCUT2D eigenvalue weighted by Crippen LogP contribution is -2.46. The highest BCUT2D eigenvalue weighted by Gasteiger charge is 2.26. The van der Waals surface area contributed by atoms with Crippen molar-refractivity contribution in [3.8, 4) is 5.75 Å². The molecular weight excluding hydrogens is 498 g/mol. The minimum absolute atomic E-state index is 0.0293. The highest BCUT2D eigenvalue weighted by atomic mass is 32.1. The summed E-state index contributed by atoms with van der Waals surface area (Å²) in [6.07, 6.45) is 3.17. The monoisotopic (exact) mass is 535 g/mol. The Morgan fingerprint density at radius 3 is 2.66 bits per heavy atom. The summed E-state index contributed by atoms with van der Waals surface area (Å²) in [5, 5.41) is 3.55. The standard InChI is InChI=1S/C30H37N3O4S/c1-22(2)30(35)37-21-33-27-20-24(10-8-23(27)9-11-29(33)34)36-18-4-3-13-31-14-16-32(17-15-31)26-6-5-7-28-25(26)12-19-38-28/h5-8,10,12,19-20,22H,3-4,9,11,13-18,21H2,1-2H3. The Balaban J connectivity index is 1.06. The maximum Gasteiger partial charge on any atom is 0.310 e. The molecule has 0 radical (unpaired) electrons. The van der Waals surface area contributed by atoms with Gasteiger partial charge in [0.2, 0.25) is 5.91 Å². The maximum atomic E-state index is 12.5. The number of benzene rings is 2. The normalized spacial score (nSPS) is 16.2. The Labute approximate surface area is 228 Å². The van der Waals surface area contributed by atoms with Crippen LogP contribution >= 0.6 is 11.3 Å². The molecule has 8 heteroatoms. The maximum absolute atomic E-state index is 12.5. The van der Waals surface area contributed by atoms with Crippen molar-refractivity contribution < 1.29 is 19.1 Å². The van der Waals surface area contributed by atoms with E-state index in [0.29, 0.717) is 19.4 Å². The first-order valence-corrected chi connectivity index (χ1v) is 14.5. The van der Waals surface area contributed by atoms with Crippen molar-refractivity contribution in [2.45, 2.75) is 39.5 Å². The second-order valence-electron chi connectivity index (χ2n) is 10.4. The van der Waals surface area contributed by atoms with Crippen LogP contribution in [0.5, 0.6) is 5.75 Å². The highest BCUT2D eigenvalue weighted by molar-refractivity contribution is 7.17. The molecule has 3 heterocycles. The molecule has 2 aliphatic heterocycles. The number of hydrogen-bond donors (Lipinski definition) is 0. The third-order valence-electron chi connectivity index (χ3n) is 7.39. The second-order valence-corrected chi connectivity index (χ2v) is 11.3. The summed E-state index contributed by atoms with van der Waals surface area (Å²) in [6, 6.07) is 14.7. The van der Waals surface area contributed by atoms with E-state index in [2.05, 4.69) is 39.4 Å². The molecular formula is C30H37N3O4S. The number of piperazine rings is 1. The lowest BCUT2D eigenvalue weighted by molar-refractivity contribution is -0.147. The summed E-state index contributed by atoms with van der Waals surface area (Å²) in [5.74, 6) is 0.181. The van der Waals surface area contributed by atoms with Crippen LogP contribution in [0, 0.1) is 5.92 Å². The topological polar surface area (TPSA) is 62.3 Å². The zero-order valence-electron chi connectivity index (χ0n) is 22.4. The van der Waals surface area contributed by atoms with Crippen molar-refractivity contribution in [2.75, 3.05) is 55.9 Å². The Kier molecular flexibility index (Phi) is 8.49. The Hall–Kier alpha value is -3.10. The zero-order chi connectivity index (χ0) is 26.5. The van der Waals surface area contributed by atoms with Gasteiger partial charge in [0.25, 0.3) is 0 Å². The van der Waals surface area contributed by atoms with E-state index >= 15 is 0 Å². The van der Waals surface area contributed by atoms with E-state index in [1.165, 1.54) is 15.8 Å². The van der Waals surface area contributed by atoms with Gasteiger partial charge in [-0.1, -0.05) is 26.0 Å². The summed E-state index contributed by atoms with van der Waals surface area (Å²) >= 11 is 1.81. The quantitative estimate of drug-likeness (QED) is 0.259. The molecule has 1 fully saturated rings. The predicted octanol–water partition coefficient (Wildman–Crippen LogP) is 5.32. The largest absolute Gasteiger partial charge is 0.494 e. The summed E-state index contributed by atoms with van der Waals surface area (Å²) in [6.45, 7) is 9.50. The number of rotatable bonds is 10. The van der Waals surface area contributed by atoms with E-state index in [1.54, 1.807) is 30.1 Å². The molecule has 1 aromatic heterocycles. The van der Waals surface area contributed by atoms with Crippen molar-refractivity contribution >= 4 is 44.7 Å². The van der Waals surface area contributed by atoms with E-state index in [9.17, 15) is 9.59 Å². The zero-order valence-corrected chi connectivity index (χ0v) is 23.2. The number of ether oxygens (including phenoxy) is 2. The van der Waals surface area contributed by atoms with E-state index in [4.69, 9.17) is 9.47 Å². The van der Waals surface area contributed by atoms with Crippen LogP contribution in [-0.4, -0.2) is 62.8 Å². The number of hydrogen-bond acceptors (Lipinski definition) is 7. The Morgan fingerprint density at radius 1 is 1.00 bits per heavy atom. The number of amides is 1. The van der Waals surface area contributed by atoms with Crippen LogP contribution in [0.25, 0.3) is 10.1 Å². The predicted molar refractivity (Wildman–Crippen MR) is 153 cm³/mol. The molecule has 0 N–H and O–H groups in total. The van der Waals surface area contributed by atoms with Crippen molar-refractivity contribution in [3.05, 3.63) is 53.4 Å². The van der Waals surface area contributed by atoms with Crippen LogP contribution in [0.2, 0.25) is 0 Å². The molecule has 5 rings (SSSR count). The average molecular weight is 536 g/mol. The van der Waals surface area contributed by atoms with Gasteiger partial charge in [0.05, 0.1) is 18.2 Å². The van der Waals surface area contributed by atoms with Gasteiger partial charge < -0.3 is 14.4 Å². The van der Waals surface area contributed by atoms with Gasteiger partial charge in [0, 0.05) is 54.4 Å². The van der Waals surface area contributed by atoms with Crippen molar-refractivity contribution in [2.24, 2.45) is 5.92 Å². The molecule has 0 saturated carbocycles. The van der Waals surface area contributed by atoms with Crippen molar-refractivity contribution in [1.29, 1.82) is 0 Å². The molecule has 0 unspecified atom stereocenters. The first-order valence-electron chi connectivity index (χ1n) is 13.7. The first-order chi connectivity index (χ1) is 18.5. The number of carbonyl (C=O) groups excluding carboxylic acids is 2. The lowest BCUT2D eigenvalue weighted by atomic mass is 10.0. The number of unbranched alkanes of at least 4 members (excludes halogenated alkanes) is 1. The molecule has 0 atom stereocenters. The van der Waals surface area contributed by atoms with Gasteiger partial charge in [0.15, 0.2) is 6.73 Å². The third-order valence-corrected chi connectivity index (χ3v) is 8.27. The number of thiophene rings is 1. The second kappa shape index (κ2) is 12.2. The van der Waals surface area contributed by atoms with Gasteiger partial charge in [-0.2, -0.15) is 0 Å². The minimum Gasteiger partial charge on any atom is -0.494 e. The number of fused-ring (bicyclic) bond motifs is 2. The van der Waals surface area contributed by atoms with E-state index in [0.717, 1.165) is 62.6 Å². The number of esters is 1. The van der Waals surface area contributed by atoms with Crippen LogP contribution in [-0.2, 0) is 20.7 Å². The van der Waals surface area contributed by atoms with Crippen LogP contribution in [0.3, 0.4) is 0 Å². The molecule has 2 aliphatic rings. The molecule has 1 amide bonds. The Bertz CT molecular complexity index is 1270. The van der Waals surface area contributed by atoms with Gasteiger partial charge in [-0.25, -0.2) is 0 Å². The fourth-order valence-electron chi connectivity index (χ4n) is 5.14. The van der Waals surface area contributed by atoms with Gasteiger partial charge in [-0.3, -0.25) is 19.4 Å². The van der Waals surface area contributed by atoms with Crippen LogP contribution in [0.1, 0.15) is 38.7 Å².